The van der Waals surface area contributed by atoms with E-state index < -0.39 is 17.7 Å². The summed E-state index contributed by atoms with van der Waals surface area (Å²) < 4.78 is 0. The average Bonchev–Trinajstić information content (AvgIpc) is 3.27. The van der Waals surface area contributed by atoms with Crippen molar-refractivity contribution in [2.24, 2.45) is 0 Å². The van der Waals surface area contributed by atoms with E-state index in [2.05, 4.69) is 29.4 Å². The molecule has 3 aromatic rings. The van der Waals surface area contributed by atoms with Gasteiger partial charge < -0.3 is 5.32 Å². The standard InChI is InChI=1S/C21H17N3O3S/c1-2-13-7-9-14(10-8-13)17-12-28-21(22-17)23-18(25)11-24-19(26)15-5-3-4-6-16(15)20(24)27/h3-10,12H,2,11H2,1H3,(H,22,23,25). The Bertz CT molecular complexity index is 1040. The van der Waals surface area contributed by atoms with E-state index in [1.165, 1.54) is 16.9 Å². The van der Waals surface area contributed by atoms with Crippen LogP contribution in [-0.4, -0.2) is 34.2 Å². The van der Waals surface area contributed by atoms with E-state index in [9.17, 15) is 14.4 Å². The first-order chi connectivity index (χ1) is 13.6. The SMILES string of the molecule is CCc1ccc(-c2csc(NC(=O)CN3C(=O)c4ccccc4C3=O)n2)cc1. The van der Waals surface area contributed by atoms with E-state index in [0.717, 1.165) is 22.6 Å². The molecule has 1 N–H and O–H groups in total. The molecule has 0 atom stereocenters. The molecule has 0 unspecified atom stereocenters. The molecule has 6 nitrogen and oxygen atoms in total. The molecule has 3 amide bonds. The minimum atomic E-state index is -0.461. The van der Waals surface area contributed by atoms with Gasteiger partial charge >= 0.3 is 0 Å². The van der Waals surface area contributed by atoms with Crippen molar-refractivity contribution in [3.05, 3.63) is 70.6 Å². The fourth-order valence-electron chi connectivity index (χ4n) is 3.06. The highest BCUT2D eigenvalue weighted by Crippen LogP contribution is 2.26. The number of rotatable bonds is 5. The Labute approximate surface area is 165 Å². The zero-order chi connectivity index (χ0) is 19.7. The molecule has 4 rings (SSSR count). The van der Waals surface area contributed by atoms with Gasteiger partial charge in [-0.2, -0.15) is 0 Å². The molecule has 0 saturated carbocycles. The van der Waals surface area contributed by atoms with Crippen LogP contribution in [0.3, 0.4) is 0 Å². The van der Waals surface area contributed by atoms with Crippen LogP contribution in [0.2, 0.25) is 0 Å². The summed E-state index contributed by atoms with van der Waals surface area (Å²) in [4.78, 5) is 42.4. The van der Waals surface area contributed by atoms with Gasteiger partial charge in [0.2, 0.25) is 5.91 Å². The fourth-order valence-corrected chi connectivity index (χ4v) is 3.80. The highest BCUT2D eigenvalue weighted by Gasteiger charge is 2.36. The van der Waals surface area contributed by atoms with Crippen LogP contribution in [0.5, 0.6) is 0 Å². The number of nitrogens with one attached hydrogen (secondary N) is 1. The molecular weight excluding hydrogens is 374 g/mol. The number of nitrogens with zero attached hydrogens (tertiary/aromatic N) is 2. The van der Waals surface area contributed by atoms with E-state index in [1.807, 2.05) is 17.5 Å². The van der Waals surface area contributed by atoms with Crippen LogP contribution in [0, 0.1) is 0 Å². The van der Waals surface area contributed by atoms with Crippen molar-refractivity contribution in [2.45, 2.75) is 13.3 Å². The van der Waals surface area contributed by atoms with Crippen LogP contribution in [0.15, 0.2) is 53.9 Å². The van der Waals surface area contributed by atoms with Crippen LogP contribution in [0.25, 0.3) is 11.3 Å². The van der Waals surface area contributed by atoms with E-state index in [1.54, 1.807) is 24.3 Å². The lowest BCUT2D eigenvalue weighted by molar-refractivity contribution is -0.116. The number of carbonyl (C=O) groups is 3. The summed E-state index contributed by atoms with van der Waals surface area (Å²) in [5.41, 5.74) is 3.63. The minimum Gasteiger partial charge on any atom is -0.300 e. The second kappa shape index (κ2) is 7.36. The second-order valence-corrected chi connectivity index (χ2v) is 7.24. The maximum Gasteiger partial charge on any atom is 0.262 e. The number of imide groups is 1. The smallest absolute Gasteiger partial charge is 0.262 e. The largest absolute Gasteiger partial charge is 0.300 e. The molecule has 1 aliphatic heterocycles. The minimum absolute atomic E-state index is 0.326. The zero-order valence-corrected chi connectivity index (χ0v) is 16.0. The third-order valence-electron chi connectivity index (χ3n) is 4.59. The van der Waals surface area contributed by atoms with Crippen LogP contribution in [-0.2, 0) is 11.2 Å². The predicted molar refractivity (Wildman–Crippen MR) is 107 cm³/mol. The number of anilines is 1. The van der Waals surface area contributed by atoms with Crippen LogP contribution < -0.4 is 5.32 Å². The molecule has 2 aromatic carbocycles. The molecule has 0 aliphatic carbocycles. The Morgan fingerprint density at radius 1 is 1.04 bits per heavy atom. The number of aromatic nitrogens is 1. The summed E-state index contributed by atoms with van der Waals surface area (Å²) in [6.07, 6.45) is 0.969. The summed E-state index contributed by atoms with van der Waals surface area (Å²) >= 11 is 1.30. The van der Waals surface area contributed by atoms with E-state index in [0.29, 0.717) is 16.3 Å². The number of fused-ring (bicyclic) bond motifs is 1. The first-order valence-electron chi connectivity index (χ1n) is 8.86. The molecule has 140 valence electrons. The van der Waals surface area contributed by atoms with E-state index >= 15 is 0 Å². The first kappa shape index (κ1) is 18.1. The fraction of sp³-hybridized carbons (Fsp3) is 0.143. The molecule has 1 aliphatic rings. The van der Waals surface area contributed by atoms with Gasteiger partial charge in [-0.05, 0) is 24.1 Å². The van der Waals surface area contributed by atoms with Crippen molar-refractivity contribution in [3.8, 4) is 11.3 Å². The van der Waals surface area contributed by atoms with E-state index in [-0.39, 0.29) is 6.54 Å². The highest BCUT2D eigenvalue weighted by molar-refractivity contribution is 7.14. The molecule has 0 bridgehead atoms. The average molecular weight is 391 g/mol. The lowest BCUT2D eigenvalue weighted by atomic mass is 10.1. The van der Waals surface area contributed by atoms with Gasteiger partial charge in [-0.25, -0.2) is 4.98 Å². The third kappa shape index (κ3) is 3.32. The third-order valence-corrected chi connectivity index (χ3v) is 5.35. The number of carbonyl (C=O) groups excluding carboxylic acids is 3. The van der Waals surface area contributed by atoms with Gasteiger partial charge in [-0.1, -0.05) is 43.3 Å². The topological polar surface area (TPSA) is 79.4 Å². The number of aryl methyl sites for hydroxylation is 1. The van der Waals surface area contributed by atoms with Gasteiger partial charge in [0.1, 0.15) is 6.54 Å². The molecule has 2 heterocycles. The van der Waals surface area contributed by atoms with Gasteiger partial charge in [0.05, 0.1) is 16.8 Å². The number of amides is 3. The Morgan fingerprint density at radius 2 is 1.68 bits per heavy atom. The van der Waals surface area contributed by atoms with Crippen LogP contribution in [0.1, 0.15) is 33.2 Å². The van der Waals surface area contributed by atoms with Gasteiger partial charge in [0.15, 0.2) is 5.13 Å². The van der Waals surface area contributed by atoms with Crippen molar-refractivity contribution in [1.29, 1.82) is 0 Å². The zero-order valence-electron chi connectivity index (χ0n) is 15.1. The number of benzene rings is 2. The number of thiazole rings is 1. The monoisotopic (exact) mass is 391 g/mol. The van der Waals surface area contributed by atoms with Crippen molar-refractivity contribution in [3.63, 3.8) is 0 Å². The van der Waals surface area contributed by atoms with Gasteiger partial charge in [0.25, 0.3) is 11.8 Å². The molecule has 0 fully saturated rings. The summed E-state index contributed by atoms with van der Waals surface area (Å²) in [5, 5.41) is 4.96. The maximum absolute atomic E-state index is 12.3. The van der Waals surface area contributed by atoms with Crippen molar-refractivity contribution < 1.29 is 14.4 Å². The van der Waals surface area contributed by atoms with Crippen molar-refractivity contribution >= 4 is 34.2 Å². The summed E-state index contributed by atoms with van der Waals surface area (Å²) in [6.45, 7) is 1.76. The molecule has 0 saturated heterocycles. The Balaban J connectivity index is 1.43. The maximum atomic E-state index is 12.3. The first-order valence-corrected chi connectivity index (χ1v) is 9.74. The van der Waals surface area contributed by atoms with Crippen LogP contribution in [0.4, 0.5) is 5.13 Å². The molecule has 28 heavy (non-hydrogen) atoms. The molecular formula is C21H17N3O3S. The van der Waals surface area contributed by atoms with Gasteiger partial charge in [0, 0.05) is 10.9 Å². The van der Waals surface area contributed by atoms with E-state index in [4.69, 9.17) is 0 Å². The number of hydrogen-bond donors (Lipinski definition) is 1. The Morgan fingerprint density at radius 3 is 2.29 bits per heavy atom. The highest BCUT2D eigenvalue weighted by atomic mass is 32.1. The molecule has 1 aromatic heterocycles. The quantitative estimate of drug-likeness (QED) is 0.674. The molecule has 0 spiro atoms. The normalized spacial score (nSPS) is 13.0. The number of hydrogen-bond acceptors (Lipinski definition) is 5. The lowest BCUT2D eigenvalue weighted by Gasteiger charge is -2.12. The van der Waals surface area contributed by atoms with Gasteiger partial charge in [-0.15, -0.1) is 11.3 Å². The predicted octanol–water partition coefficient (Wildman–Crippen LogP) is 3.61. The lowest BCUT2D eigenvalue weighted by Crippen LogP contribution is -2.37. The summed E-state index contributed by atoms with van der Waals surface area (Å²) in [6, 6.07) is 14.7. The Hall–Kier alpha value is -3.32. The van der Waals surface area contributed by atoms with Crippen LogP contribution >= 0.6 is 11.3 Å². The second-order valence-electron chi connectivity index (χ2n) is 6.38. The Kier molecular flexibility index (Phi) is 4.75. The molecule has 0 radical (unpaired) electrons. The van der Waals surface area contributed by atoms with Crippen molar-refractivity contribution in [1.82, 2.24) is 9.88 Å². The summed E-state index contributed by atoms with van der Waals surface area (Å²) in [5.74, 6) is -1.37. The summed E-state index contributed by atoms with van der Waals surface area (Å²) in [7, 11) is 0. The van der Waals surface area contributed by atoms with Crippen molar-refractivity contribution in [2.75, 3.05) is 11.9 Å². The molecule has 7 heteroatoms. The van der Waals surface area contributed by atoms with Gasteiger partial charge in [-0.3, -0.25) is 19.3 Å².